The molecule has 2 saturated heterocycles. The summed E-state index contributed by atoms with van der Waals surface area (Å²) in [5.74, 6) is 0. The molecule has 0 saturated carbocycles. The summed E-state index contributed by atoms with van der Waals surface area (Å²) in [6.07, 6.45) is 2.80. The Labute approximate surface area is 87.2 Å². The van der Waals surface area contributed by atoms with Gasteiger partial charge in [0.2, 0.25) is 0 Å². The van der Waals surface area contributed by atoms with Gasteiger partial charge in [-0.3, -0.25) is 9.80 Å². The van der Waals surface area contributed by atoms with Crippen LogP contribution in [0, 0.1) is 0 Å². The highest BCUT2D eigenvalue weighted by atomic mass is 15.3. The Hall–Kier alpha value is -0.120. The van der Waals surface area contributed by atoms with Crippen LogP contribution in [0.15, 0.2) is 0 Å². The van der Waals surface area contributed by atoms with Crippen LogP contribution in [0.25, 0.3) is 0 Å². The molecule has 0 radical (unpaired) electrons. The van der Waals surface area contributed by atoms with Crippen LogP contribution in [0.2, 0.25) is 0 Å². The molecule has 2 fully saturated rings. The molecule has 0 aromatic heterocycles. The van der Waals surface area contributed by atoms with E-state index in [9.17, 15) is 0 Å². The van der Waals surface area contributed by atoms with E-state index in [0.29, 0.717) is 0 Å². The summed E-state index contributed by atoms with van der Waals surface area (Å²) in [6.45, 7) is 10.3. The number of nitrogens with two attached hydrogens (primary N) is 1. The maximum atomic E-state index is 5.76. The van der Waals surface area contributed by atoms with Crippen LogP contribution in [0.3, 0.4) is 0 Å². The second-order valence-corrected chi connectivity index (χ2v) is 5.32. The number of rotatable bonds is 3. The summed E-state index contributed by atoms with van der Waals surface area (Å²) >= 11 is 0. The topological polar surface area (TPSA) is 32.5 Å². The standard InChI is InChI=1S/C11H23N3/c1-11(2,9-12)14-7-10(8-14)13-5-3-4-6-13/h10H,3-9,12H2,1-2H3. The van der Waals surface area contributed by atoms with E-state index in [0.717, 1.165) is 12.6 Å². The molecule has 82 valence electrons. The van der Waals surface area contributed by atoms with E-state index < -0.39 is 0 Å². The van der Waals surface area contributed by atoms with Gasteiger partial charge in [0.05, 0.1) is 0 Å². The van der Waals surface area contributed by atoms with Gasteiger partial charge >= 0.3 is 0 Å². The number of hydrogen-bond acceptors (Lipinski definition) is 3. The average molecular weight is 197 g/mol. The predicted octanol–water partition coefficient (Wildman–Crippen LogP) is 0.504. The molecule has 3 heteroatoms. The Morgan fingerprint density at radius 2 is 1.79 bits per heavy atom. The average Bonchev–Trinajstić information content (AvgIpc) is 2.54. The van der Waals surface area contributed by atoms with Gasteiger partial charge in [-0.2, -0.15) is 0 Å². The Morgan fingerprint density at radius 3 is 2.29 bits per heavy atom. The molecule has 0 aliphatic carbocycles. The molecular weight excluding hydrogens is 174 g/mol. The quantitative estimate of drug-likeness (QED) is 0.715. The van der Waals surface area contributed by atoms with Gasteiger partial charge in [0.25, 0.3) is 0 Å². The molecule has 2 rings (SSSR count). The summed E-state index contributed by atoms with van der Waals surface area (Å²) < 4.78 is 0. The molecule has 0 atom stereocenters. The molecule has 3 nitrogen and oxygen atoms in total. The highest BCUT2D eigenvalue weighted by molar-refractivity contribution is 4.97. The molecule has 0 aromatic rings. The van der Waals surface area contributed by atoms with Gasteiger partial charge < -0.3 is 5.73 Å². The smallest absolute Gasteiger partial charge is 0.0350 e. The van der Waals surface area contributed by atoms with E-state index in [1.807, 2.05) is 0 Å². The van der Waals surface area contributed by atoms with Gasteiger partial charge in [0.15, 0.2) is 0 Å². The molecule has 2 aliphatic heterocycles. The van der Waals surface area contributed by atoms with Gasteiger partial charge in [-0.25, -0.2) is 0 Å². The van der Waals surface area contributed by atoms with Crippen LogP contribution in [0.1, 0.15) is 26.7 Å². The monoisotopic (exact) mass is 197 g/mol. The van der Waals surface area contributed by atoms with Crippen LogP contribution in [-0.4, -0.2) is 54.1 Å². The van der Waals surface area contributed by atoms with Crippen LogP contribution in [0.4, 0.5) is 0 Å². The minimum Gasteiger partial charge on any atom is -0.329 e. The van der Waals surface area contributed by atoms with E-state index in [-0.39, 0.29) is 5.54 Å². The lowest BCUT2D eigenvalue weighted by Gasteiger charge is -2.51. The third-order valence-corrected chi connectivity index (χ3v) is 3.87. The highest BCUT2D eigenvalue weighted by Crippen LogP contribution is 2.26. The fraction of sp³-hybridized carbons (Fsp3) is 1.00. The van der Waals surface area contributed by atoms with Crippen LogP contribution in [-0.2, 0) is 0 Å². The van der Waals surface area contributed by atoms with Gasteiger partial charge in [0, 0.05) is 31.2 Å². The number of nitrogens with zero attached hydrogens (tertiary/aromatic N) is 2. The Balaban J connectivity index is 1.78. The molecule has 2 heterocycles. The lowest BCUT2D eigenvalue weighted by Crippen LogP contribution is -2.66. The molecule has 14 heavy (non-hydrogen) atoms. The minimum absolute atomic E-state index is 0.205. The van der Waals surface area contributed by atoms with Gasteiger partial charge in [-0.15, -0.1) is 0 Å². The maximum Gasteiger partial charge on any atom is 0.0350 e. The molecule has 2 aliphatic rings. The van der Waals surface area contributed by atoms with E-state index in [4.69, 9.17) is 5.73 Å². The molecule has 2 N–H and O–H groups in total. The zero-order valence-corrected chi connectivity index (χ0v) is 9.50. The van der Waals surface area contributed by atoms with Crippen molar-refractivity contribution in [1.29, 1.82) is 0 Å². The second kappa shape index (κ2) is 3.80. The van der Waals surface area contributed by atoms with E-state index >= 15 is 0 Å². The van der Waals surface area contributed by atoms with Crippen molar-refractivity contribution >= 4 is 0 Å². The van der Waals surface area contributed by atoms with Crippen molar-refractivity contribution < 1.29 is 0 Å². The van der Waals surface area contributed by atoms with Crippen molar-refractivity contribution in [1.82, 2.24) is 9.80 Å². The Bertz CT molecular complexity index is 191. The SMILES string of the molecule is CC(C)(CN)N1CC(N2CCCC2)C1. The Morgan fingerprint density at radius 1 is 1.21 bits per heavy atom. The van der Waals surface area contributed by atoms with Crippen LogP contribution < -0.4 is 5.73 Å². The molecule has 0 unspecified atom stereocenters. The van der Waals surface area contributed by atoms with Crippen LogP contribution in [0.5, 0.6) is 0 Å². The fourth-order valence-corrected chi connectivity index (χ4v) is 2.42. The summed E-state index contributed by atoms with van der Waals surface area (Å²) in [5.41, 5.74) is 5.96. The largest absolute Gasteiger partial charge is 0.329 e. The summed E-state index contributed by atoms with van der Waals surface area (Å²) in [5, 5.41) is 0. The normalized spacial score (nSPS) is 26.8. The first kappa shape index (κ1) is 10.4. The first-order valence-corrected chi connectivity index (χ1v) is 5.83. The molecule has 0 bridgehead atoms. The highest BCUT2D eigenvalue weighted by Gasteiger charge is 2.39. The first-order valence-electron chi connectivity index (χ1n) is 5.83. The third kappa shape index (κ3) is 1.81. The lowest BCUT2D eigenvalue weighted by molar-refractivity contribution is -0.0176. The number of hydrogen-bond donors (Lipinski definition) is 1. The first-order chi connectivity index (χ1) is 6.63. The van der Waals surface area contributed by atoms with Gasteiger partial charge in [-0.1, -0.05) is 0 Å². The minimum atomic E-state index is 0.205. The van der Waals surface area contributed by atoms with Crippen molar-refractivity contribution in [2.45, 2.75) is 38.3 Å². The van der Waals surface area contributed by atoms with Crippen molar-refractivity contribution in [2.75, 3.05) is 32.7 Å². The Kier molecular flexibility index (Phi) is 2.82. The molecule has 0 amide bonds. The van der Waals surface area contributed by atoms with Crippen molar-refractivity contribution in [3.05, 3.63) is 0 Å². The predicted molar refractivity (Wildman–Crippen MR) is 59.3 cm³/mol. The van der Waals surface area contributed by atoms with Gasteiger partial charge in [-0.05, 0) is 39.8 Å². The summed E-state index contributed by atoms with van der Waals surface area (Å²) in [6, 6.07) is 0.823. The second-order valence-electron chi connectivity index (χ2n) is 5.32. The maximum absolute atomic E-state index is 5.76. The zero-order chi connectivity index (χ0) is 10.2. The van der Waals surface area contributed by atoms with Crippen molar-refractivity contribution in [2.24, 2.45) is 5.73 Å². The summed E-state index contributed by atoms with van der Waals surface area (Å²) in [7, 11) is 0. The van der Waals surface area contributed by atoms with Crippen molar-refractivity contribution in [3.8, 4) is 0 Å². The zero-order valence-electron chi connectivity index (χ0n) is 9.50. The molecule has 0 spiro atoms. The molecule has 0 aromatic carbocycles. The van der Waals surface area contributed by atoms with Crippen molar-refractivity contribution in [3.63, 3.8) is 0 Å². The van der Waals surface area contributed by atoms with Crippen LogP contribution >= 0.6 is 0 Å². The van der Waals surface area contributed by atoms with E-state index in [2.05, 4.69) is 23.6 Å². The van der Waals surface area contributed by atoms with E-state index in [1.54, 1.807) is 0 Å². The molecular formula is C11H23N3. The fourth-order valence-electron chi connectivity index (χ4n) is 2.42. The van der Waals surface area contributed by atoms with Gasteiger partial charge in [0.1, 0.15) is 0 Å². The van der Waals surface area contributed by atoms with E-state index in [1.165, 1.54) is 39.0 Å². The third-order valence-electron chi connectivity index (χ3n) is 3.87. The lowest BCUT2D eigenvalue weighted by atomic mass is 9.95. The summed E-state index contributed by atoms with van der Waals surface area (Å²) in [4.78, 5) is 5.15. The number of likely N-dealkylation sites (tertiary alicyclic amines) is 2.